The first-order valence-corrected chi connectivity index (χ1v) is 8.36. The number of carbonyl (C=O) groups excluding carboxylic acids is 2. The zero-order chi connectivity index (χ0) is 17.3. The Bertz CT molecular complexity index is 692. The molecule has 0 aromatic heterocycles. The minimum atomic E-state index is -0.886. The molecule has 3 rings (SSSR count). The molecule has 1 fully saturated rings. The zero-order valence-electron chi connectivity index (χ0n) is 13.8. The van der Waals surface area contributed by atoms with Crippen LogP contribution in [0.2, 0.25) is 0 Å². The van der Waals surface area contributed by atoms with Crippen LogP contribution in [0.4, 0.5) is 5.69 Å². The second-order valence-electron chi connectivity index (χ2n) is 6.78. The SMILES string of the molecule is CC(=O)N1CCc2cc(C(=O)NC3(CC(=O)O)CCCC3)ccc21. The van der Waals surface area contributed by atoms with Crippen molar-refractivity contribution in [2.24, 2.45) is 0 Å². The lowest BCUT2D eigenvalue weighted by Gasteiger charge is -2.28. The van der Waals surface area contributed by atoms with Crippen LogP contribution < -0.4 is 10.2 Å². The highest BCUT2D eigenvalue weighted by atomic mass is 16.4. The second-order valence-corrected chi connectivity index (χ2v) is 6.78. The minimum absolute atomic E-state index is 0.00248. The Morgan fingerprint density at radius 3 is 2.58 bits per heavy atom. The summed E-state index contributed by atoms with van der Waals surface area (Å²) in [7, 11) is 0. The van der Waals surface area contributed by atoms with Crippen molar-refractivity contribution in [3.63, 3.8) is 0 Å². The Labute approximate surface area is 140 Å². The van der Waals surface area contributed by atoms with Crippen LogP contribution >= 0.6 is 0 Å². The molecule has 1 aliphatic carbocycles. The molecule has 1 aromatic rings. The van der Waals surface area contributed by atoms with Crippen molar-refractivity contribution in [3.05, 3.63) is 29.3 Å². The van der Waals surface area contributed by atoms with E-state index < -0.39 is 11.5 Å². The van der Waals surface area contributed by atoms with Crippen molar-refractivity contribution in [1.29, 1.82) is 0 Å². The molecule has 0 bridgehead atoms. The fourth-order valence-corrected chi connectivity index (χ4v) is 3.87. The first-order valence-electron chi connectivity index (χ1n) is 8.36. The van der Waals surface area contributed by atoms with Crippen LogP contribution in [0.25, 0.3) is 0 Å². The Morgan fingerprint density at radius 1 is 1.25 bits per heavy atom. The summed E-state index contributed by atoms with van der Waals surface area (Å²) in [5.74, 6) is -1.12. The van der Waals surface area contributed by atoms with E-state index in [0.717, 1.165) is 30.5 Å². The summed E-state index contributed by atoms with van der Waals surface area (Å²) in [6.07, 6.45) is 3.97. The predicted molar refractivity (Wildman–Crippen MR) is 89.1 cm³/mol. The lowest BCUT2D eigenvalue weighted by molar-refractivity contribution is -0.138. The third-order valence-electron chi connectivity index (χ3n) is 5.05. The molecule has 1 heterocycles. The Morgan fingerprint density at radius 2 is 1.96 bits per heavy atom. The summed E-state index contributed by atoms with van der Waals surface area (Å²) in [4.78, 5) is 37.1. The molecule has 1 saturated carbocycles. The van der Waals surface area contributed by atoms with Crippen LogP contribution in [-0.4, -0.2) is 35.0 Å². The molecule has 24 heavy (non-hydrogen) atoms. The number of aliphatic carboxylic acids is 1. The molecular weight excluding hydrogens is 308 g/mol. The number of amides is 2. The Balaban J connectivity index is 1.78. The van der Waals surface area contributed by atoms with E-state index >= 15 is 0 Å². The lowest BCUT2D eigenvalue weighted by Crippen LogP contribution is -2.47. The van der Waals surface area contributed by atoms with Crippen molar-refractivity contribution < 1.29 is 19.5 Å². The molecule has 0 spiro atoms. The highest BCUT2D eigenvalue weighted by Gasteiger charge is 2.37. The molecule has 1 aromatic carbocycles. The highest BCUT2D eigenvalue weighted by molar-refractivity contribution is 5.98. The molecule has 2 N–H and O–H groups in total. The quantitative estimate of drug-likeness (QED) is 0.885. The van der Waals surface area contributed by atoms with E-state index in [2.05, 4.69) is 5.32 Å². The van der Waals surface area contributed by atoms with Gasteiger partial charge in [-0.3, -0.25) is 14.4 Å². The third kappa shape index (κ3) is 3.13. The van der Waals surface area contributed by atoms with E-state index in [0.29, 0.717) is 24.9 Å². The van der Waals surface area contributed by atoms with Gasteiger partial charge in [0.05, 0.1) is 12.0 Å². The van der Waals surface area contributed by atoms with Gasteiger partial charge in [-0.05, 0) is 43.0 Å². The fourth-order valence-electron chi connectivity index (χ4n) is 3.87. The van der Waals surface area contributed by atoms with E-state index in [4.69, 9.17) is 5.11 Å². The molecular formula is C18H22N2O4. The van der Waals surface area contributed by atoms with Crippen LogP contribution in [0.5, 0.6) is 0 Å². The van der Waals surface area contributed by atoms with Crippen LogP contribution in [0.1, 0.15) is 54.9 Å². The molecule has 6 heteroatoms. The largest absolute Gasteiger partial charge is 0.481 e. The Kier molecular flexibility index (Phi) is 4.30. The number of hydrogen-bond donors (Lipinski definition) is 2. The summed E-state index contributed by atoms with van der Waals surface area (Å²) >= 11 is 0. The van der Waals surface area contributed by atoms with Gasteiger partial charge in [-0.15, -0.1) is 0 Å². The maximum atomic E-state index is 12.6. The van der Waals surface area contributed by atoms with E-state index in [1.807, 2.05) is 6.07 Å². The van der Waals surface area contributed by atoms with Crippen LogP contribution in [-0.2, 0) is 16.0 Å². The number of rotatable bonds is 4. The lowest BCUT2D eigenvalue weighted by atomic mass is 9.92. The number of anilines is 1. The van der Waals surface area contributed by atoms with Gasteiger partial charge < -0.3 is 15.3 Å². The first kappa shape index (κ1) is 16.5. The standard InChI is InChI=1S/C18H22N2O4/c1-12(21)20-9-6-13-10-14(4-5-15(13)20)17(24)19-18(11-16(22)23)7-2-3-8-18/h4-5,10H,2-3,6-9,11H2,1H3,(H,19,24)(H,22,23). The maximum Gasteiger partial charge on any atom is 0.305 e. The number of nitrogens with one attached hydrogen (secondary N) is 1. The number of carbonyl (C=O) groups is 3. The van der Waals surface area contributed by atoms with Gasteiger partial charge in [0, 0.05) is 24.7 Å². The second kappa shape index (κ2) is 6.26. The fraction of sp³-hybridized carbons (Fsp3) is 0.500. The maximum absolute atomic E-state index is 12.6. The van der Waals surface area contributed by atoms with Crippen molar-refractivity contribution in [2.75, 3.05) is 11.4 Å². The number of fused-ring (bicyclic) bond motifs is 1. The molecule has 128 valence electrons. The molecule has 0 radical (unpaired) electrons. The number of hydrogen-bond acceptors (Lipinski definition) is 3. The van der Waals surface area contributed by atoms with Gasteiger partial charge in [-0.2, -0.15) is 0 Å². The molecule has 6 nitrogen and oxygen atoms in total. The van der Waals surface area contributed by atoms with Crippen LogP contribution in [0.15, 0.2) is 18.2 Å². The highest BCUT2D eigenvalue weighted by Crippen LogP contribution is 2.34. The summed E-state index contributed by atoms with van der Waals surface area (Å²) in [6.45, 7) is 2.17. The van der Waals surface area contributed by atoms with Gasteiger partial charge in [0.1, 0.15) is 0 Å². The van der Waals surface area contributed by atoms with E-state index in [1.54, 1.807) is 17.0 Å². The molecule has 2 aliphatic rings. The van der Waals surface area contributed by atoms with Gasteiger partial charge in [-0.25, -0.2) is 0 Å². The summed E-state index contributed by atoms with van der Waals surface area (Å²) in [5.41, 5.74) is 1.74. The number of nitrogens with zero attached hydrogens (tertiary/aromatic N) is 1. The minimum Gasteiger partial charge on any atom is -0.481 e. The predicted octanol–water partition coefficient (Wildman–Crippen LogP) is 2.11. The van der Waals surface area contributed by atoms with Gasteiger partial charge in [0.25, 0.3) is 5.91 Å². The first-order chi connectivity index (χ1) is 11.4. The van der Waals surface area contributed by atoms with Gasteiger partial charge >= 0.3 is 5.97 Å². The summed E-state index contributed by atoms with van der Waals surface area (Å²) in [6, 6.07) is 5.33. The topological polar surface area (TPSA) is 86.7 Å². The van der Waals surface area contributed by atoms with Gasteiger partial charge in [-0.1, -0.05) is 12.8 Å². The van der Waals surface area contributed by atoms with Crippen LogP contribution in [0, 0.1) is 0 Å². The van der Waals surface area contributed by atoms with E-state index in [1.165, 1.54) is 6.92 Å². The van der Waals surface area contributed by atoms with Crippen molar-refractivity contribution in [1.82, 2.24) is 5.32 Å². The monoisotopic (exact) mass is 330 g/mol. The van der Waals surface area contributed by atoms with E-state index in [9.17, 15) is 14.4 Å². The molecule has 1 aliphatic heterocycles. The van der Waals surface area contributed by atoms with Crippen molar-refractivity contribution in [3.8, 4) is 0 Å². The smallest absolute Gasteiger partial charge is 0.305 e. The average molecular weight is 330 g/mol. The molecule has 0 saturated heterocycles. The normalized spacial score (nSPS) is 18.3. The Hall–Kier alpha value is -2.37. The number of carboxylic acids is 1. The zero-order valence-corrected chi connectivity index (χ0v) is 13.8. The summed E-state index contributed by atoms with van der Waals surface area (Å²) in [5, 5.41) is 12.1. The van der Waals surface area contributed by atoms with Gasteiger partial charge in [0.2, 0.25) is 5.91 Å². The van der Waals surface area contributed by atoms with Crippen molar-refractivity contribution >= 4 is 23.5 Å². The van der Waals surface area contributed by atoms with Crippen LogP contribution in [0.3, 0.4) is 0 Å². The average Bonchev–Trinajstić information content (AvgIpc) is 3.12. The van der Waals surface area contributed by atoms with E-state index in [-0.39, 0.29) is 18.2 Å². The molecule has 2 amide bonds. The molecule has 0 atom stereocenters. The van der Waals surface area contributed by atoms with Gasteiger partial charge in [0.15, 0.2) is 0 Å². The number of benzene rings is 1. The van der Waals surface area contributed by atoms with Crippen molar-refractivity contribution in [2.45, 2.75) is 51.0 Å². The molecule has 0 unspecified atom stereocenters. The number of carboxylic acid groups (broad SMARTS) is 1. The third-order valence-corrected chi connectivity index (χ3v) is 5.05. The summed E-state index contributed by atoms with van der Waals surface area (Å²) < 4.78 is 0.